The van der Waals surface area contributed by atoms with Crippen LogP contribution in [0.15, 0.2) is 47.0 Å². The Morgan fingerprint density at radius 2 is 1.77 bits per heavy atom. The van der Waals surface area contributed by atoms with Crippen molar-refractivity contribution in [3.8, 4) is 22.7 Å². The number of fused-ring (bicyclic) bond motifs is 1. The molecule has 0 aliphatic rings. The molecule has 0 saturated heterocycles. The highest BCUT2D eigenvalue weighted by Gasteiger charge is 2.21. The Bertz CT molecular complexity index is 1040. The van der Waals surface area contributed by atoms with Gasteiger partial charge in [-0.3, -0.25) is 9.97 Å². The summed E-state index contributed by atoms with van der Waals surface area (Å²) in [5.41, 5.74) is 3.56. The Labute approximate surface area is 150 Å². The quantitative estimate of drug-likeness (QED) is 0.501. The van der Waals surface area contributed by atoms with E-state index < -0.39 is 0 Å². The fraction of sp³-hybridized carbons (Fsp3) is 0.200. The van der Waals surface area contributed by atoms with Gasteiger partial charge in [-0.25, -0.2) is 4.39 Å². The van der Waals surface area contributed by atoms with E-state index in [1.165, 1.54) is 12.1 Å². The summed E-state index contributed by atoms with van der Waals surface area (Å²) in [5.74, 6) is 0.419. The van der Waals surface area contributed by atoms with Crippen LogP contribution in [0, 0.1) is 19.7 Å². The number of aryl methyl sites for hydroxylation is 2. The molecule has 4 aromatic rings. The number of rotatable bonds is 2. The van der Waals surface area contributed by atoms with E-state index in [1.807, 2.05) is 39.0 Å². The number of pyridine rings is 2. The molecule has 4 rings (SSSR count). The smallest absolute Gasteiger partial charge is 0.249 e. The normalized spacial score (nSPS) is 10.5. The van der Waals surface area contributed by atoms with Crippen molar-refractivity contribution in [2.75, 3.05) is 0 Å². The minimum Gasteiger partial charge on any atom is -0.421 e. The number of nitrogens with zero attached hydrogens (tertiary/aromatic N) is 4. The number of halogens is 1. The van der Waals surface area contributed by atoms with Crippen LogP contribution in [0.3, 0.4) is 0 Å². The van der Waals surface area contributed by atoms with Gasteiger partial charge in [0.05, 0.1) is 16.8 Å². The van der Waals surface area contributed by atoms with E-state index in [1.54, 1.807) is 19.2 Å². The average Bonchev–Trinajstić information content (AvgIpc) is 3.09. The second-order valence-corrected chi connectivity index (χ2v) is 5.45. The van der Waals surface area contributed by atoms with Gasteiger partial charge in [0.15, 0.2) is 0 Å². The summed E-state index contributed by atoms with van der Waals surface area (Å²) in [4.78, 5) is 9.00. The first-order valence-corrected chi connectivity index (χ1v) is 8.45. The Morgan fingerprint density at radius 1 is 0.962 bits per heavy atom. The zero-order valence-corrected chi connectivity index (χ0v) is 15.1. The van der Waals surface area contributed by atoms with Crippen LogP contribution in [0.1, 0.15) is 25.4 Å². The van der Waals surface area contributed by atoms with E-state index in [2.05, 4.69) is 20.2 Å². The van der Waals surface area contributed by atoms with E-state index in [0.29, 0.717) is 28.2 Å². The molecule has 5 nitrogen and oxygen atoms in total. The van der Waals surface area contributed by atoms with Gasteiger partial charge >= 0.3 is 0 Å². The van der Waals surface area contributed by atoms with Gasteiger partial charge in [-0.2, -0.15) is 0 Å². The summed E-state index contributed by atoms with van der Waals surface area (Å²) in [5, 5.41) is 8.65. The molecule has 0 fully saturated rings. The third kappa shape index (κ3) is 3.18. The van der Waals surface area contributed by atoms with Crippen molar-refractivity contribution in [2.45, 2.75) is 27.7 Å². The molecule has 6 heteroatoms. The molecule has 3 heterocycles. The number of hydrogen-bond acceptors (Lipinski definition) is 5. The molecule has 3 aromatic heterocycles. The number of hydrogen-bond donors (Lipinski definition) is 0. The van der Waals surface area contributed by atoms with Gasteiger partial charge in [-0.15, -0.1) is 10.2 Å². The van der Waals surface area contributed by atoms with Gasteiger partial charge < -0.3 is 4.42 Å². The summed E-state index contributed by atoms with van der Waals surface area (Å²) in [6.07, 6.45) is 1.70. The Hall–Kier alpha value is -3.15. The van der Waals surface area contributed by atoms with Crippen molar-refractivity contribution >= 4 is 10.9 Å². The molecule has 0 atom stereocenters. The van der Waals surface area contributed by atoms with Crippen molar-refractivity contribution in [1.29, 1.82) is 0 Å². The lowest BCUT2D eigenvalue weighted by molar-refractivity contribution is 0.533. The summed E-state index contributed by atoms with van der Waals surface area (Å²) in [7, 11) is 0. The van der Waals surface area contributed by atoms with Crippen molar-refractivity contribution in [1.82, 2.24) is 20.2 Å². The van der Waals surface area contributed by atoms with Crippen LogP contribution in [-0.2, 0) is 0 Å². The molecular weight excluding hydrogens is 331 g/mol. The summed E-state index contributed by atoms with van der Waals surface area (Å²) in [6, 6.07) is 10.1. The highest BCUT2D eigenvalue weighted by atomic mass is 19.1. The van der Waals surface area contributed by atoms with Crippen LogP contribution in [0.25, 0.3) is 33.6 Å². The van der Waals surface area contributed by atoms with Crippen LogP contribution in [0.4, 0.5) is 4.39 Å². The van der Waals surface area contributed by atoms with Crippen molar-refractivity contribution < 1.29 is 8.81 Å². The van der Waals surface area contributed by atoms with Crippen molar-refractivity contribution in [2.24, 2.45) is 0 Å². The third-order valence-corrected chi connectivity index (χ3v) is 3.79. The molecule has 1 aromatic carbocycles. The molecule has 0 aliphatic heterocycles. The first-order chi connectivity index (χ1) is 12.6. The molecule has 0 bridgehead atoms. The van der Waals surface area contributed by atoms with Crippen LogP contribution < -0.4 is 0 Å². The topological polar surface area (TPSA) is 64.7 Å². The average molecular weight is 350 g/mol. The van der Waals surface area contributed by atoms with E-state index in [0.717, 1.165) is 17.0 Å². The summed E-state index contributed by atoms with van der Waals surface area (Å²) < 4.78 is 19.5. The zero-order chi connectivity index (χ0) is 18.7. The minimum atomic E-state index is -0.349. The SMILES string of the molecule is CC.Cc1nnc(-c2c(-c3ccccn3)c(C)nc3ccc(F)cc23)o1. The largest absolute Gasteiger partial charge is 0.421 e. The Balaban J connectivity index is 0.000000948. The van der Waals surface area contributed by atoms with E-state index in [-0.39, 0.29) is 5.82 Å². The van der Waals surface area contributed by atoms with Gasteiger partial charge in [0.2, 0.25) is 11.8 Å². The molecule has 0 unspecified atom stereocenters. The fourth-order valence-corrected chi connectivity index (χ4v) is 2.80. The maximum atomic E-state index is 13.9. The van der Waals surface area contributed by atoms with Crippen LogP contribution in [0.5, 0.6) is 0 Å². The summed E-state index contributed by atoms with van der Waals surface area (Å²) >= 11 is 0. The molecular formula is C20H19FN4O. The van der Waals surface area contributed by atoms with Crippen molar-refractivity contribution in [3.63, 3.8) is 0 Å². The number of aromatic nitrogens is 4. The van der Waals surface area contributed by atoms with Gasteiger partial charge in [-0.05, 0) is 37.3 Å². The second kappa shape index (κ2) is 7.39. The standard InChI is InChI=1S/C18H13FN4O.C2H6/c1-10-16(15-5-3-4-8-20-15)17(18-23-22-11(2)24-18)13-9-12(19)6-7-14(13)21-10;1-2/h3-9H,1-2H3;1-2H3. The molecule has 0 aliphatic carbocycles. The van der Waals surface area contributed by atoms with Crippen LogP contribution >= 0.6 is 0 Å². The lowest BCUT2D eigenvalue weighted by atomic mass is 9.97. The summed E-state index contributed by atoms with van der Waals surface area (Å²) in [6.45, 7) is 7.60. The van der Waals surface area contributed by atoms with Gasteiger partial charge in [-0.1, -0.05) is 19.9 Å². The highest BCUT2D eigenvalue weighted by Crippen LogP contribution is 2.38. The van der Waals surface area contributed by atoms with Gasteiger partial charge in [0.25, 0.3) is 0 Å². The monoisotopic (exact) mass is 350 g/mol. The highest BCUT2D eigenvalue weighted by molar-refractivity contribution is 6.00. The number of benzene rings is 1. The van der Waals surface area contributed by atoms with Gasteiger partial charge in [0.1, 0.15) is 5.82 Å². The van der Waals surface area contributed by atoms with Gasteiger partial charge in [0, 0.05) is 29.8 Å². The zero-order valence-electron chi connectivity index (χ0n) is 15.1. The molecule has 26 heavy (non-hydrogen) atoms. The maximum absolute atomic E-state index is 13.9. The molecule has 0 spiro atoms. The first kappa shape index (κ1) is 17.7. The Morgan fingerprint density at radius 3 is 2.42 bits per heavy atom. The van der Waals surface area contributed by atoms with Crippen molar-refractivity contribution in [3.05, 3.63) is 60.0 Å². The lowest BCUT2D eigenvalue weighted by Crippen LogP contribution is -1.97. The van der Waals surface area contributed by atoms with E-state index in [9.17, 15) is 4.39 Å². The Kier molecular flexibility index (Phi) is 5.02. The van der Waals surface area contributed by atoms with Crippen LogP contribution in [0.2, 0.25) is 0 Å². The maximum Gasteiger partial charge on any atom is 0.249 e. The third-order valence-electron chi connectivity index (χ3n) is 3.79. The fourth-order valence-electron chi connectivity index (χ4n) is 2.80. The van der Waals surface area contributed by atoms with Crippen LogP contribution in [-0.4, -0.2) is 20.2 Å². The molecule has 0 N–H and O–H groups in total. The molecule has 0 radical (unpaired) electrons. The predicted octanol–water partition coefficient (Wildman–Crippen LogP) is 5.13. The lowest BCUT2D eigenvalue weighted by Gasteiger charge is -2.12. The molecule has 132 valence electrons. The first-order valence-electron chi connectivity index (χ1n) is 8.45. The minimum absolute atomic E-state index is 0.328. The predicted molar refractivity (Wildman–Crippen MR) is 99.0 cm³/mol. The second-order valence-electron chi connectivity index (χ2n) is 5.45. The van der Waals surface area contributed by atoms with E-state index >= 15 is 0 Å². The molecule has 0 saturated carbocycles. The molecule has 0 amide bonds. The van der Waals surface area contributed by atoms with E-state index in [4.69, 9.17) is 4.42 Å².